The van der Waals surface area contributed by atoms with Crippen LogP contribution in [0, 0.1) is 0 Å². The fraction of sp³-hybridized carbons (Fsp3) is 0.316. The monoisotopic (exact) mass is 516 g/mol. The van der Waals surface area contributed by atoms with Crippen LogP contribution < -0.4 is 4.74 Å². The number of unbranched alkanes of at least 4 members (excludes halogenated alkanes) is 3. The molecule has 0 N–H and O–H groups in total. The topological polar surface area (TPSA) is 26.3 Å². The van der Waals surface area contributed by atoms with Gasteiger partial charge in [-0.25, -0.2) is 0 Å². The summed E-state index contributed by atoms with van der Waals surface area (Å²) in [7, 11) is 0. The van der Waals surface area contributed by atoms with Gasteiger partial charge in [-0.05, 0) is 71.2 Å². The Kier molecular flexibility index (Phi) is 8.50. The Bertz CT molecular complexity index is 669. The van der Waals surface area contributed by atoms with Crippen molar-refractivity contribution in [2.24, 2.45) is 0 Å². The van der Waals surface area contributed by atoms with Gasteiger partial charge in [0.2, 0.25) is 0 Å². The minimum absolute atomic E-state index is 0.00419. The summed E-state index contributed by atoms with van der Waals surface area (Å²) in [5, 5.41) is 1.06. The fourth-order valence-corrected chi connectivity index (χ4v) is 3.41. The van der Waals surface area contributed by atoms with E-state index in [0.29, 0.717) is 17.7 Å². The fourth-order valence-electron chi connectivity index (χ4n) is 2.26. The number of ether oxygens (including phenoxy) is 1. The van der Waals surface area contributed by atoms with Gasteiger partial charge in [-0.1, -0.05) is 44.7 Å². The van der Waals surface area contributed by atoms with Crippen LogP contribution >= 0.6 is 47.8 Å². The van der Waals surface area contributed by atoms with Gasteiger partial charge in [0.15, 0.2) is 5.78 Å². The van der Waals surface area contributed by atoms with Gasteiger partial charge in [-0.15, -0.1) is 0 Å². The Hall–Kier alpha value is -0.650. The molecule has 0 amide bonds. The molecular weight excluding hydrogens is 500 g/mol. The van der Waals surface area contributed by atoms with E-state index in [9.17, 15) is 4.79 Å². The van der Waals surface area contributed by atoms with Crippen LogP contribution in [0.4, 0.5) is 0 Å². The molecule has 0 aromatic heterocycles. The third kappa shape index (κ3) is 6.01. The molecule has 0 radical (unpaired) electrons. The molecule has 24 heavy (non-hydrogen) atoms. The average Bonchev–Trinajstić information content (AvgIpc) is 2.59. The molecule has 0 unspecified atom stereocenters. The van der Waals surface area contributed by atoms with E-state index in [1.165, 1.54) is 19.3 Å². The lowest BCUT2D eigenvalue weighted by atomic mass is 10.0. The van der Waals surface area contributed by atoms with Crippen molar-refractivity contribution in [3.05, 3.63) is 62.5 Å². The summed E-state index contributed by atoms with van der Waals surface area (Å²) in [5.74, 6) is 0.785. The highest BCUT2D eigenvalue weighted by Crippen LogP contribution is 2.27. The van der Waals surface area contributed by atoms with E-state index in [2.05, 4.69) is 47.8 Å². The first kappa shape index (κ1) is 19.7. The summed E-state index contributed by atoms with van der Waals surface area (Å²) in [6.07, 6.45) is 4.63. The molecule has 2 aromatic carbocycles. The second kappa shape index (κ2) is 10.4. The first-order chi connectivity index (χ1) is 11.6. The molecule has 5 heteroatoms. The van der Waals surface area contributed by atoms with Gasteiger partial charge in [0.1, 0.15) is 5.75 Å². The Morgan fingerprint density at radius 3 is 2.21 bits per heavy atom. The zero-order valence-electron chi connectivity index (χ0n) is 13.2. The second-order valence-corrected chi connectivity index (χ2v) is 8.00. The van der Waals surface area contributed by atoms with Gasteiger partial charge in [-0.2, -0.15) is 0 Å². The summed E-state index contributed by atoms with van der Waals surface area (Å²) in [4.78, 5) is 12.5. The molecule has 0 bridgehead atoms. The standard InChI is InChI=1S/C19H19Br3O2/c20-11-3-1-2-4-12-24-18-10-7-15(13-17(18)22)19(23)14-5-8-16(21)9-6-14/h5-10,13H,1-4,11-12H2. The van der Waals surface area contributed by atoms with Crippen LogP contribution in [0.5, 0.6) is 5.75 Å². The summed E-state index contributed by atoms with van der Waals surface area (Å²) < 4.78 is 7.57. The van der Waals surface area contributed by atoms with Crippen molar-refractivity contribution >= 4 is 53.6 Å². The van der Waals surface area contributed by atoms with Gasteiger partial charge < -0.3 is 4.74 Å². The third-order valence-corrected chi connectivity index (χ3v) is 5.30. The number of hydrogen-bond acceptors (Lipinski definition) is 2. The average molecular weight is 519 g/mol. The van der Waals surface area contributed by atoms with E-state index in [0.717, 1.165) is 26.4 Å². The largest absolute Gasteiger partial charge is 0.492 e. The molecular formula is C19H19Br3O2. The number of rotatable bonds is 9. The lowest BCUT2D eigenvalue weighted by Crippen LogP contribution is -2.03. The first-order valence-electron chi connectivity index (χ1n) is 7.90. The van der Waals surface area contributed by atoms with Crippen LogP contribution in [-0.2, 0) is 0 Å². The molecule has 0 heterocycles. The maximum absolute atomic E-state index is 12.5. The van der Waals surface area contributed by atoms with Crippen LogP contribution in [0.15, 0.2) is 51.4 Å². The van der Waals surface area contributed by atoms with Gasteiger partial charge in [0.25, 0.3) is 0 Å². The van der Waals surface area contributed by atoms with Crippen molar-refractivity contribution in [1.82, 2.24) is 0 Å². The van der Waals surface area contributed by atoms with Crippen LogP contribution in [0.25, 0.3) is 0 Å². The second-order valence-electron chi connectivity index (χ2n) is 5.43. The molecule has 0 aliphatic heterocycles. The SMILES string of the molecule is O=C(c1ccc(Br)cc1)c1ccc(OCCCCCCBr)c(Br)c1. The number of halogens is 3. The summed E-state index contributed by atoms with van der Waals surface area (Å²) in [6.45, 7) is 0.695. The summed E-state index contributed by atoms with van der Waals surface area (Å²) in [6, 6.07) is 12.9. The lowest BCUT2D eigenvalue weighted by molar-refractivity contribution is 0.103. The number of benzene rings is 2. The van der Waals surface area contributed by atoms with Crippen LogP contribution in [0.2, 0.25) is 0 Å². The Labute approximate surface area is 168 Å². The van der Waals surface area contributed by atoms with E-state index in [1.807, 2.05) is 42.5 Å². The van der Waals surface area contributed by atoms with Crippen LogP contribution in [-0.4, -0.2) is 17.7 Å². The van der Waals surface area contributed by atoms with E-state index < -0.39 is 0 Å². The Morgan fingerprint density at radius 1 is 0.875 bits per heavy atom. The van der Waals surface area contributed by atoms with Crippen LogP contribution in [0.3, 0.4) is 0 Å². The molecule has 0 aliphatic carbocycles. The van der Waals surface area contributed by atoms with Crippen molar-refractivity contribution in [1.29, 1.82) is 0 Å². The van der Waals surface area contributed by atoms with Gasteiger partial charge in [-0.3, -0.25) is 4.79 Å². The van der Waals surface area contributed by atoms with Crippen molar-refractivity contribution in [2.75, 3.05) is 11.9 Å². The molecule has 0 aliphatic rings. The molecule has 0 atom stereocenters. The predicted octanol–water partition coefficient (Wildman–Crippen LogP) is 6.78. The smallest absolute Gasteiger partial charge is 0.193 e. The highest BCUT2D eigenvalue weighted by molar-refractivity contribution is 9.11. The van der Waals surface area contributed by atoms with E-state index in [-0.39, 0.29) is 5.78 Å². The lowest BCUT2D eigenvalue weighted by Gasteiger charge is -2.09. The van der Waals surface area contributed by atoms with Crippen LogP contribution in [0.1, 0.15) is 41.6 Å². The zero-order chi connectivity index (χ0) is 17.4. The van der Waals surface area contributed by atoms with Crippen molar-refractivity contribution in [3.63, 3.8) is 0 Å². The quantitative estimate of drug-likeness (QED) is 0.208. The highest BCUT2D eigenvalue weighted by Gasteiger charge is 2.11. The van der Waals surface area contributed by atoms with E-state index >= 15 is 0 Å². The van der Waals surface area contributed by atoms with E-state index in [1.54, 1.807) is 0 Å². The molecule has 2 aromatic rings. The Balaban J connectivity index is 1.94. The van der Waals surface area contributed by atoms with Gasteiger partial charge in [0.05, 0.1) is 11.1 Å². The minimum atomic E-state index is 0.00419. The number of hydrogen-bond donors (Lipinski definition) is 0. The number of carbonyl (C=O) groups excluding carboxylic acids is 1. The first-order valence-corrected chi connectivity index (χ1v) is 10.6. The Morgan fingerprint density at radius 2 is 1.54 bits per heavy atom. The molecule has 0 saturated carbocycles. The molecule has 0 fully saturated rings. The summed E-state index contributed by atoms with van der Waals surface area (Å²) in [5.41, 5.74) is 1.32. The van der Waals surface area contributed by atoms with Crippen molar-refractivity contribution < 1.29 is 9.53 Å². The molecule has 2 rings (SSSR count). The zero-order valence-corrected chi connectivity index (χ0v) is 18.0. The highest BCUT2D eigenvalue weighted by atomic mass is 79.9. The van der Waals surface area contributed by atoms with Gasteiger partial charge in [0, 0.05) is 20.9 Å². The third-order valence-electron chi connectivity index (χ3n) is 3.59. The normalized spacial score (nSPS) is 10.6. The van der Waals surface area contributed by atoms with E-state index in [4.69, 9.17) is 4.74 Å². The number of alkyl halides is 1. The molecule has 0 spiro atoms. The molecule has 128 valence electrons. The summed E-state index contributed by atoms with van der Waals surface area (Å²) >= 11 is 10.3. The molecule has 2 nitrogen and oxygen atoms in total. The number of carbonyl (C=O) groups is 1. The minimum Gasteiger partial charge on any atom is -0.492 e. The molecule has 0 saturated heterocycles. The maximum Gasteiger partial charge on any atom is 0.193 e. The number of ketones is 1. The van der Waals surface area contributed by atoms with Crippen molar-refractivity contribution in [3.8, 4) is 5.75 Å². The maximum atomic E-state index is 12.5. The van der Waals surface area contributed by atoms with Gasteiger partial charge >= 0.3 is 0 Å². The predicted molar refractivity (Wildman–Crippen MR) is 109 cm³/mol. The van der Waals surface area contributed by atoms with Crippen molar-refractivity contribution in [2.45, 2.75) is 25.7 Å².